The summed E-state index contributed by atoms with van der Waals surface area (Å²) < 4.78 is 23.6. The van der Waals surface area contributed by atoms with Gasteiger partial charge in [0, 0.05) is 24.8 Å². The minimum Gasteiger partial charge on any atom is -0.486 e. The highest BCUT2D eigenvalue weighted by Crippen LogP contribution is 2.16. The molecule has 27 heavy (non-hydrogen) atoms. The Labute approximate surface area is 159 Å². The van der Waals surface area contributed by atoms with Crippen LogP contribution in [0.25, 0.3) is 0 Å². The fraction of sp³-hybridized carbons (Fsp3) is 0.222. The lowest BCUT2D eigenvalue weighted by Gasteiger charge is -2.15. The largest absolute Gasteiger partial charge is 0.486 e. The van der Waals surface area contributed by atoms with E-state index in [1.165, 1.54) is 23.5 Å². The molecule has 3 aromatic rings. The highest BCUT2D eigenvalue weighted by atomic mass is 32.1. The van der Waals surface area contributed by atoms with E-state index in [4.69, 9.17) is 9.47 Å². The van der Waals surface area contributed by atoms with E-state index in [0.717, 1.165) is 5.01 Å². The second kappa shape index (κ2) is 9.04. The zero-order chi connectivity index (χ0) is 19.1. The van der Waals surface area contributed by atoms with Gasteiger partial charge in [-0.05, 0) is 30.3 Å². The quantitative estimate of drug-likeness (QED) is 0.549. The van der Waals surface area contributed by atoms with Crippen LogP contribution in [0.1, 0.15) is 10.7 Å². The molecule has 0 bridgehead atoms. The number of anilines is 1. The van der Waals surface area contributed by atoms with Crippen molar-refractivity contribution in [3.8, 4) is 5.75 Å². The molecule has 1 aromatic carbocycles. The van der Waals surface area contributed by atoms with Crippen molar-refractivity contribution in [2.24, 2.45) is 0 Å². The van der Waals surface area contributed by atoms with Gasteiger partial charge in [-0.1, -0.05) is 0 Å². The highest BCUT2D eigenvalue weighted by Gasteiger charge is 2.12. The SMILES string of the molecule is CN(CC(=O)OCc1csc(COc2ccc(F)cc2)n1)c1ncccn1. The summed E-state index contributed by atoms with van der Waals surface area (Å²) >= 11 is 1.40. The summed E-state index contributed by atoms with van der Waals surface area (Å²) in [5.41, 5.74) is 0.643. The zero-order valence-electron chi connectivity index (χ0n) is 14.5. The molecule has 140 valence electrons. The number of hydrogen-bond acceptors (Lipinski definition) is 8. The third-order valence-corrected chi connectivity index (χ3v) is 4.29. The summed E-state index contributed by atoms with van der Waals surface area (Å²) in [6.07, 6.45) is 3.21. The van der Waals surface area contributed by atoms with Crippen molar-refractivity contribution in [1.82, 2.24) is 15.0 Å². The van der Waals surface area contributed by atoms with E-state index in [1.54, 1.807) is 47.9 Å². The summed E-state index contributed by atoms with van der Waals surface area (Å²) in [5, 5.41) is 2.54. The van der Waals surface area contributed by atoms with Crippen LogP contribution in [0.15, 0.2) is 48.1 Å². The molecule has 0 atom stereocenters. The zero-order valence-corrected chi connectivity index (χ0v) is 15.4. The number of likely N-dealkylation sites (N-methyl/N-ethyl adjacent to an activating group) is 1. The average molecular weight is 388 g/mol. The normalized spacial score (nSPS) is 10.4. The molecule has 3 rings (SSSR count). The van der Waals surface area contributed by atoms with E-state index in [0.29, 0.717) is 17.4 Å². The van der Waals surface area contributed by atoms with Gasteiger partial charge in [-0.15, -0.1) is 11.3 Å². The van der Waals surface area contributed by atoms with Gasteiger partial charge in [0.1, 0.15) is 36.3 Å². The number of carbonyl (C=O) groups is 1. The van der Waals surface area contributed by atoms with Gasteiger partial charge in [-0.2, -0.15) is 0 Å². The minimum atomic E-state index is -0.401. The Morgan fingerprint density at radius 3 is 2.67 bits per heavy atom. The van der Waals surface area contributed by atoms with Crippen LogP contribution in [0.3, 0.4) is 0 Å². The van der Waals surface area contributed by atoms with Crippen LogP contribution in [0.4, 0.5) is 10.3 Å². The third-order valence-electron chi connectivity index (χ3n) is 3.42. The van der Waals surface area contributed by atoms with E-state index in [2.05, 4.69) is 15.0 Å². The van der Waals surface area contributed by atoms with Crippen molar-refractivity contribution in [2.45, 2.75) is 13.2 Å². The lowest BCUT2D eigenvalue weighted by molar-refractivity contribution is -0.143. The number of benzene rings is 1. The molecule has 9 heteroatoms. The predicted molar refractivity (Wildman–Crippen MR) is 97.9 cm³/mol. The van der Waals surface area contributed by atoms with Gasteiger partial charge in [0.05, 0.1) is 5.69 Å². The molecule has 0 unspecified atom stereocenters. The molecule has 0 aliphatic carbocycles. The van der Waals surface area contributed by atoms with Crippen LogP contribution >= 0.6 is 11.3 Å². The van der Waals surface area contributed by atoms with Crippen molar-refractivity contribution in [3.63, 3.8) is 0 Å². The summed E-state index contributed by atoms with van der Waals surface area (Å²) in [6, 6.07) is 7.48. The molecule has 0 fully saturated rings. The predicted octanol–water partition coefficient (Wildman–Crippen LogP) is 2.83. The van der Waals surface area contributed by atoms with E-state index in [9.17, 15) is 9.18 Å². The van der Waals surface area contributed by atoms with Gasteiger partial charge in [0.2, 0.25) is 5.95 Å². The Balaban J connectivity index is 1.43. The van der Waals surface area contributed by atoms with Gasteiger partial charge in [-0.3, -0.25) is 4.79 Å². The fourth-order valence-corrected chi connectivity index (χ4v) is 2.80. The van der Waals surface area contributed by atoms with Crippen molar-refractivity contribution in [3.05, 3.63) is 64.6 Å². The molecule has 2 heterocycles. The van der Waals surface area contributed by atoms with Crippen LogP contribution in [-0.2, 0) is 22.7 Å². The van der Waals surface area contributed by atoms with E-state index < -0.39 is 5.97 Å². The van der Waals surface area contributed by atoms with Crippen molar-refractivity contribution in [2.75, 3.05) is 18.5 Å². The van der Waals surface area contributed by atoms with Gasteiger partial charge in [0.25, 0.3) is 0 Å². The maximum absolute atomic E-state index is 12.9. The molecule has 0 saturated heterocycles. The number of ether oxygens (including phenoxy) is 2. The molecule has 0 N–H and O–H groups in total. The molecule has 0 aliphatic heterocycles. The van der Waals surface area contributed by atoms with Gasteiger partial charge in [0.15, 0.2) is 0 Å². The lowest BCUT2D eigenvalue weighted by atomic mass is 10.3. The number of hydrogen-bond donors (Lipinski definition) is 0. The Hall–Kier alpha value is -3.07. The Morgan fingerprint density at radius 2 is 1.93 bits per heavy atom. The number of aromatic nitrogens is 3. The average Bonchev–Trinajstić information content (AvgIpc) is 3.14. The number of halogens is 1. The van der Waals surface area contributed by atoms with Gasteiger partial charge in [-0.25, -0.2) is 19.3 Å². The van der Waals surface area contributed by atoms with Gasteiger partial charge >= 0.3 is 5.97 Å². The molecule has 0 saturated carbocycles. The van der Waals surface area contributed by atoms with Crippen LogP contribution < -0.4 is 9.64 Å². The third kappa shape index (κ3) is 5.71. The number of carbonyl (C=O) groups excluding carboxylic acids is 1. The Bertz CT molecular complexity index is 874. The summed E-state index contributed by atoms with van der Waals surface area (Å²) in [7, 11) is 1.71. The number of rotatable bonds is 8. The Morgan fingerprint density at radius 1 is 1.19 bits per heavy atom. The molecule has 0 aliphatic rings. The summed E-state index contributed by atoms with van der Waals surface area (Å²) in [4.78, 5) is 26.0. The second-order valence-electron chi connectivity index (χ2n) is 5.54. The maximum Gasteiger partial charge on any atom is 0.326 e. The number of nitrogens with zero attached hydrogens (tertiary/aromatic N) is 4. The first-order valence-electron chi connectivity index (χ1n) is 8.05. The summed E-state index contributed by atoms with van der Waals surface area (Å²) in [6.45, 7) is 0.377. The second-order valence-corrected chi connectivity index (χ2v) is 6.48. The molecular weight excluding hydrogens is 371 g/mol. The maximum atomic E-state index is 12.9. The molecular formula is C18H17FN4O3S. The highest BCUT2D eigenvalue weighted by molar-refractivity contribution is 7.09. The number of esters is 1. The fourth-order valence-electron chi connectivity index (χ4n) is 2.11. The Kier molecular flexibility index (Phi) is 6.26. The number of thiazole rings is 1. The lowest BCUT2D eigenvalue weighted by Crippen LogP contribution is -2.28. The monoisotopic (exact) mass is 388 g/mol. The van der Waals surface area contributed by atoms with E-state index >= 15 is 0 Å². The molecule has 0 spiro atoms. The van der Waals surface area contributed by atoms with Crippen LogP contribution in [0.5, 0.6) is 5.75 Å². The smallest absolute Gasteiger partial charge is 0.326 e. The van der Waals surface area contributed by atoms with E-state index in [-0.39, 0.29) is 25.6 Å². The van der Waals surface area contributed by atoms with E-state index in [1.807, 2.05) is 0 Å². The summed E-state index contributed by atoms with van der Waals surface area (Å²) in [5.74, 6) is 0.293. The van der Waals surface area contributed by atoms with Crippen LogP contribution in [0, 0.1) is 5.82 Å². The topological polar surface area (TPSA) is 77.4 Å². The van der Waals surface area contributed by atoms with Crippen molar-refractivity contribution < 1.29 is 18.7 Å². The minimum absolute atomic E-state index is 0.0364. The standard InChI is InChI=1S/C18H17FN4O3S/c1-23(18-20-7-2-8-21-18)9-17(24)26-10-14-12-27-16(22-14)11-25-15-5-3-13(19)4-6-15/h2-8,12H,9-11H2,1H3. The molecule has 7 nitrogen and oxygen atoms in total. The van der Waals surface area contributed by atoms with Crippen LogP contribution in [0.2, 0.25) is 0 Å². The first-order valence-corrected chi connectivity index (χ1v) is 8.93. The van der Waals surface area contributed by atoms with Gasteiger partial charge < -0.3 is 14.4 Å². The molecule has 2 aromatic heterocycles. The van der Waals surface area contributed by atoms with Crippen molar-refractivity contribution >= 4 is 23.3 Å². The van der Waals surface area contributed by atoms with Crippen LogP contribution in [-0.4, -0.2) is 34.5 Å². The molecule has 0 radical (unpaired) electrons. The molecule has 0 amide bonds. The van der Waals surface area contributed by atoms with Crippen molar-refractivity contribution in [1.29, 1.82) is 0 Å². The first kappa shape index (κ1) is 18.7. The first-order chi connectivity index (χ1) is 13.1.